The maximum absolute atomic E-state index is 12.4. The minimum Gasteiger partial charge on any atom is -0.374 e. The molecule has 0 radical (unpaired) electrons. The van der Waals surface area contributed by atoms with Gasteiger partial charge in [-0.2, -0.15) is 0 Å². The van der Waals surface area contributed by atoms with Crippen molar-refractivity contribution in [2.45, 2.75) is 63.1 Å². The first-order valence-corrected chi connectivity index (χ1v) is 7.49. The molecule has 1 aliphatic carbocycles. The lowest BCUT2D eigenvalue weighted by molar-refractivity contribution is -0.150. The second-order valence-electron chi connectivity index (χ2n) is 5.85. The number of fused-ring (bicyclic) bond motifs is 1. The van der Waals surface area contributed by atoms with E-state index >= 15 is 0 Å². The van der Waals surface area contributed by atoms with E-state index in [0.717, 1.165) is 39.0 Å². The Morgan fingerprint density at radius 1 is 1.21 bits per heavy atom. The largest absolute Gasteiger partial charge is 0.374 e. The summed E-state index contributed by atoms with van der Waals surface area (Å²) in [5, 5.41) is 3.42. The first-order valence-electron chi connectivity index (χ1n) is 7.49. The molecule has 1 saturated carbocycles. The van der Waals surface area contributed by atoms with Crippen molar-refractivity contribution in [3.05, 3.63) is 0 Å². The summed E-state index contributed by atoms with van der Waals surface area (Å²) in [5.74, 6) is 0.342. The zero-order valence-electron chi connectivity index (χ0n) is 11.5. The fourth-order valence-electron chi connectivity index (χ4n) is 3.67. The van der Waals surface area contributed by atoms with Crippen LogP contribution in [0.5, 0.6) is 0 Å². The summed E-state index contributed by atoms with van der Waals surface area (Å²) < 4.78 is 5.82. The van der Waals surface area contributed by atoms with Gasteiger partial charge in [0.2, 0.25) is 5.91 Å². The molecule has 4 nitrogen and oxygen atoms in total. The van der Waals surface area contributed by atoms with Crippen LogP contribution in [0.3, 0.4) is 0 Å². The highest BCUT2D eigenvalue weighted by atomic mass is 35.5. The summed E-state index contributed by atoms with van der Waals surface area (Å²) in [4.78, 5) is 14.6. The molecule has 2 aliphatic heterocycles. The SMILES string of the molecule is Cl.O=C(CC1CCCN1)N1CCOC2CCCCC21. The Morgan fingerprint density at radius 3 is 2.84 bits per heavy atom. The monoisotopic (exact) mass is 288 g/mol. The van der Waals surface area contributed by atoms with E-state index in [1.165, 1.54) is 19.3 Å². The molecule has 3 unspecified atom stereocenters. The molecule has 0 aromatic carbocycles. The van der Waals surface area contributed by atoms with Crippen LogP contribution in [0.2, 0.25) is 0 Å². The van der Waals surface area contributed by atoms with Gasteiger partial charge < -0.3 is 15.0 Å². The number of ether oxygens (including phenoxy) is 1. The molecular formula is C14H25ClN2O2. The third-order valence-electron chi connectivity index (χ3n) is 4.64. The second kappa shape index (κ2) is 6.91. The van der Waals surface area contributed by atoms with Crippen LogP contribution in [0, 0.1) is 0 Å². The molecule has 0 aromatic heterocycles. The minimum atomic E-state index is 0. The van der Waals surface area contributed by atoms with Crippen LogP contribution in [0.15, 0.2) is 0 Å². The number of rotatable bonds is 2. The van der Waals surface area contributed by atoms with Gasteiger partial charge >= 0.3 is 0 Å². The number of halogens is 1. The van der Waals surface area contributed by atoms with Crippen molar-refractivity contribution in [2.24, 2.45) is 0 Å². The molecule has 3 fully saturated rings. The topological polar surface area (TPSA) is 41.6 Å². The van der Waals surface area contributed by atoms with Crippen LogP contribution >= 0.6 is 12.4 Å². The van der Waals surface area contributed by atoms with Gasteiger partial charge in [0.15, 0.2) is 0 Å². The molecule has 1 N–H and O–H groups in total. The zero-order chi connectivity index (χ0) is 12.4. The number of nitrogens with one attached hydrogen (secondary N) is 1. The molecule has 3 atom stereocenters. The van der Waals surface area contributed by atoms with Crippen LogP contribution < -0.4 is 5.32 Å². The minimum absolute atomic E-state index is 0. The third kappa shape index (κ3) is 3.41. The quantitative estimate of drug-likeness (QED) is 0.841. The number of carbonyl (C=O) groups excluding carboxylic acids is 1. The lowest BCUT2D eigenvalue weighted by Crippen LogP contribution is -2.55. The maximum atomic E-state index is 12.4. The number of amides is 1. The fourth-order valence-corrected chi connectivity index (χ4v) is 3.67. The summed E-state index contributed by atoms with van der Waals surface area (Å²) in [6.07, 6.45) is 8.14. The highest BCUT2D eigenvalue weighted by molar-refractivity contribution is 5.85. The summed E-state index contributed by atoms with van der Waals surface area (Å²) in [6.45, 7) is 2.60. The Balaban J connectivity index is 0.00000133. The Morgan fingerprint density at radius 2 is 2.05 bits per heavy atom. The Kier molecular flexibility index (Phi) is 5.48. The van der Waals surface area contributed by atoms with Gasteiger partial charge in [0.1, 0.15) is 0 Å². The molecule has 1 amide bonds. The molecule has 0 bridgehead atoms. The van der Waals surface area contributed by atoms with E-state index < -0.39 is 0 Å². The summed E-state index contributed by atoms with van der Waals surface area (Å²) in [6, 6.07) is 0.781. The average Bonchev–Trinajstić information content (AvgIpc) is 2.91. The molecule has 3 rings (SSSR count). The van der Waals surface area contributed by atoms with E-state index in [-0.39, 0.29) is 12.4 Å². The van der Waals surface area contributed by atoms with Gasteiger partial charge in [-0.05, 0) is 32.2 Å². The maximum Gasteiger partial charge on any atom is 0.224 e. The van der Waals surface area contributed by atoms with Gasteiger partial charge in [-0.3, -0.25) is 4.79 Å². The Bertz CT molecular complexity index is 306. The summed E-state index contributed by atoms with van der Waals surface area (Å²) >= 11 is 0. The lowest BCUT2D eigenvalue weighted by atomic mass is 9.89. The van der Waals surface area contributed by atoms with Crippen molar-refractivity contribution in [3.8, 4) is 0 Å². The second-order valence-corrected chi connectivity index (χ2v) is 5.85. The van der Waals surface area contributed by atoms with E-state index in [2.05, 4.69) is 10.2 Å². The summed E-state index contributed by atoms with van der Waals surface area (Å²) in [5.41, 5.74) is 0. The molecule has 110 valence electrons. The molecule has 5 heteroatoms. The summed E-state index contributed by atoms with van der Waals surface area (Å²) in [7, 11) is 0. The smallest absolute Gasteiger partial charge is 0.224 e. The first kappa shape index (κ1) is 15.1. The third-order valence-corrected chi connectivity index (χ3v) is 4.64. The van der Waals surface area contributed by atoms with Crippen molar-refractivity contribution in [1.82, 2.24) is 10.2 Å². The van der Waals surface area contributed by atoms with Crippen molar-refractivity contribution < 1.29 is 9.53 Å². The van der Waals surface area contributed by atoms with Crippen LogP contribution in [0.25, 0.3) is 0 Å². The van der Waals surface area contributed by atoms with E-state index in [9.17, 15) is 4.79 Å². The molecule has 2 saturated heterocycles. The lowest BCUT2D eigenvalue weighted by Gasteiger charge is -2.44. The van der Waals surface area contributed by atoms with Gasteiger partial charge in [-0.1, -0.05) is 12.8 Å². The van der Waals surface area contributed by atoms with Crippen LogP contribution in [0.1, 0.15) is 44.9 Å². The predicted octanol–water partition coefficient (Wildman–Crippen LogP) is 1.72. The highest BCUT2D eigenvalue weighted by Gasteiger charge is 2.37. The van der Waals surface area contributed by atoms with E-state index in [1.807, 2.05) is 0 Å². The van der Waals surface area contributed by atoms with Crippen molar-refractivity contribution in [2.75, 3.05) is 19.7 Å². The van der Waals surface area contributed by atoms with Crippen molar-refractivity contribution in [1.29, 1.82) is 0 Å². The normalized spacial score (nSPS) is 34.5. The molecule has 3 aliphatic rings. The molecule has 19 heavy (non-hydrogen) atoms. The number of carbonyl (C=O) groups is 1. The number of nitrogens with zero attached hydrogens (tertiary/aromatic N) is 1. The van der Waals surface area contributed by atoms with Gasteiger partial charge in [0.05, 0.1) is 18.8 Å². The fraction of sp³-hybridized carbons (Fsp3) is 0.929. The van der Waals surface area contributed by atoms with E-state index in [1.54, 1.807) is 0 Å². The van der Waals surface area contributed by atoms with Gasteiger partial charge in [0, 0.05) is 19.0 Å². The van der Waals surface area contributed by atoms with Crippen LogP contribution in [-0.4, -0.2) is 48.7 Å². The molecule has 0 aromatic rings. The van der Waals surface area contributed by atoms with Crippen molar-refractivity contribution >= 4 is 18.3 Å². The zero-order valence-corrected chi connectivity index (χ0v) is 12.3. The molecular weight excluding hydrogens is 264 g/mol. The predicted molar refractivity (Wildman–Crippen MR) is 76.6 cm³/mol. The highest BCUT2D eigenvalue weighted by Crippen LogP contribution is 2.29. The molecule has 2 heterocycles. The Labute approximate surface area is 121 Å². The van der Waals surface area contributed by atoms with E-state index in [4.69, 9.17) is 4.74 Å². The van der Waals surface area contributed by atoms with Crippen LogP contribution in [0.4, 0.5) is 0 Å². The number of hydrogen-bond acceptors (Lipinski definition) is 3. The van der Waals surface area contributed by atoms with Gasteiger partial charge in [0.25, 0.3) is 0 Å². The van der Waals surface area contributed by atoms with Gasteiger partial charge in [-0.15, -0.1) is 12.4 Å². The average molecular weight is 289 g/mol. The standard InChI is InChI=1S/C14H24N2O2.ClH/c17-14(10-11-4-3-7-15-11)16-8-9-18-13-6-2-1-5-12(13)16;/h11-13,15H,1-10H2;1H. The van der Waals surface area contributed by atoms with Crippen molar-refractivity contribution in [3.63, 3.8) is 0 Å². The number of hydrogen-bond donors (Lipinski definition) is 1. The van der Waals surface area contributed by atoms with Crippen LogP contribution in [-0.2, 0) is 9.53 Å². The first-order chi connectivity index (χ1) is 8.84. The van der Waals surface area contributed by atoms with E-state index in [0.29, 0.717) is 30.5 Å². The molecule has 0 spiro atoms. The number of morpholine rings is 1. The Hall–Kier alpha value is -0.320. The van der Waals surface area contributed by atoms with Gasteiger partial charge in [-0.25, -0.2) is 0 Å².